The van der Waals surface area contributed by atoms with E-state index in [1.807, 2.05) is 6.08 Å². The van der Waals surface area contributed by atoms with Crippen molar-refractivity contribution in [1.82, 2.24) is 0 Å². The molecule has 1 nitrogen and oxygen atoms in total. The Morgan fingerprint density at radius 3 is 2.86 bits per heavy atom. The molecular weight excluding hydrogens is 268 g/mol. The van der Waals surface area contributed by atoms with E-state index in [2.05, 4.69) is 26.2 Å². The van der Waals surface area contributed by atoms with Crippen molar-refractivity contribution < 1.29 is 4.79 Å². The highest BCUT2D eigenvalue weighted by molar-refractivity contribution is 6.05. The average Bonchev–Trinajstić information content (AvgIpc) is 2.89. The van der Waals surface area contributed by atoms with Gasteiger partial charge in [-0.15, -0.1) is 6.58 Å². The van der Waals surface area contributed by atoms with Crippen LogP contribution in [0.3, 0.4) is 0 Å². The van der Waals surface area contributed by atoms with Gasteiger partial charge in [0.2, 0.25) is 0 Å². The molecule has 4 rings (SSSR count). The van der Waals surface area contributed by atoms with Crippen LogP contribution in [0.5, 0.6) is 0 Å². The van der Waals surface area contributed by atoms with Gasteiger partial charge in [0.25, 0.3) is 0 Å². The van der Waals surface area contributed by atoms with E-state index < -0.39 is 0 Å². The first-order chi connectivity index (χ1) is 10.5. The minimum Gasteiger partial charge on any atom is -0.290 e. The molecule has 0 aromatic rings. The molecule has 0 N–H and O–H groups in total. The molecule has 0 aliphatic heterocycles. The van der Waals surface area contributed by atoms with Crippen LogP contribution in [-0.4, -0.2) is 5.78 Å². The maximum atomic E-state index is 12.0. The fraction of sp³-hybridized carbons (Fsp3) is 0.667. The summed E-state index contributed by atoms with van der Waals surface area (Å²) >= 11 is 0. The zero-order valence-electron chi connectivity index (χ0n) is 13.8. The fourth-order valence-corrected chi connectivity index (χ4v) is 6.46. The summed E-state index contributed by atoms with van der Waals surface area (Å²) in [6, 6.07) is 0. The Bertz CT molecular complexity index is 568. The summed E-state index contributed by atoms with van der Waals surface area (Å²) in [6.45, 7) is 10.7. The highest BCUT2D eigenvalue weighted by atomic mass is 16.1. The van der Waals surface area contributed by atoms with Crippen molar-refractivity contribution in [3.63, 3.8) is 0 Å². The highest BCUT2D eigenvalue weighted by Crippen LogP contribution is 2.63. The molecule has 3 fully saturated rings. The van der Waals surface area contributed by atoms with E-state index >= 15 is 0 Å². The molecule has 0 aromatic carbocycles. The van der Waals surface area contributed by atoms with E-state index in [-0.39, 0.29) is 5.78 Å². The molecule has 0 saturated heterocycles. The SMILES string of the molecule is C=C[C@H]1CC2=CC(=O)C(=C)C[C@@H]2[C@H]2CC[C@]3(C)CCC[C@H]3[C@@H]21. The minimum absolute atomic E-state index is 0.175. The molecule has 0 radical (unpaired) electrons. The van der Waals surface area contributed by atoms with Crippen LogP contribution in [0.4, 0.5) is 0 Å². The molecule has 118 valence electrons. The van der Waals surface area contributed by atoms with E-state index in [9.17, 15) is 4.79 Å². The summed E-state index contributed by atoms with van der Waals surface area (Å²) in [5.41, 5.74) is 2.82. The quantitative estimate of drug-likeness (QED) is 0.486. The highest BCUT2D eigenvalue weighted by Gasteiger charge is 2.54. The van der Waals surface area contributed by atoms with Gasteiger partial charge in [0.15, 0.2) is 5.78 Å². The molecule has 0 amide bonds. The third-order valence-corrected chi connectivity index (χ3v) is 7.56. The summed E-state index contributed by atoms with van der Waals surface area (Å²) in [5.74, 6) is 3.77. The van der Waals surface area contributed by atoms with Gasteiger partial charge < -0.3 is 0 Å². The third-order valence-electron chi connectivity index (χ3n) is 7.56. The second-order valence-corrected chi connectivity index (χ2v) is 8.53. The van der Waals surface area contributed by atoms with Crippen LogP contribution in [0.25, 0.3) is 0 Å². The molecule has 0 aromatic heterocycles. The van der Waals surface area contributed by atoms with E-state index in [4.69, 9.17) is 0 Å². The van der Waals surface area contributed by atoms with Crippen molar-refractivity contribution in [2.24, 2.45) is 35.0 Å². The molecule has 0 spiro atoms. The summed E-state index contributed by atoms with van der Waals surface area (Å²) in [7, 11) is 0. The Hall–Kier alpha value is -1.11. The van der Waals surface area contributed by atoms with Gasteiger partial charge in [0.1, 0.15) is 0 Å². The van der Waals surface area contributed by atoms with Crippen LogP contribution >= 0.6 is 0 Å². The van der Waals surface area contributed by atoms with Gasteiger partial charge in [0, 0.05) is 0 Å². The molecule has 0 unspecified atom stereocenters. The summed E-state index contributed by atoms with van der Waals surface area (Å²) < 4.78 is 0. The fourth-order valence-electron chi connectivity index (χ4n) is 6.46. The number of carbonyl (C=O) groups is 1. The molecule has 4 aliphatic carbocycles. The normalized spacial score (nSPS) is 47.3. The van der Waals surface area contributed by atoms with Gasteiger partial charge in [-0.1, -0.05) is 31.6 Å². The van der Waals surface area contributed by atoms with Crippen LogP contribution in [0, 0.1) is 35.0 Å². The van der Waals surface area contributed by atoms with Crippen LogP contribution in [0.15, 0.2) is 36.5 Å². The predicted molar refractivity (Wildman–Crippen MR) is 90.3 cm³/mol. The molecule has 6 atom stereocenters. The number of hydrogen-bond acceptors (Lipinski definition) is 1. The van der Waals surface area contributed by atoms with Crippen molar-refractivity contribution in [1.29, 1.82) is 0 Å². The maximum absolute atomic E-state index is 12.0. The number of hydrogen-bond donors (Lipinski definition) is 0. The Labute approximate surface area is 134 Å². The number of carbonyl (C=O) groups excluding carboxylic acids is 1. The zero-order valence-corrected chi connectivity index (χ0v) is 13.8. The van der Waals surface area contributed by atoms with Crippen molar-refractivity contribution in [2.75, 3.05) is 0 Å². The van der Waals surface area contributed by atoms with Gasteiger partial charge >= 0.3 is 0 Å². The average molecular weight is 296 g/mol. The van der Waals surface area contributed by atoms with Crippen LogP contribution in [0.1, 0.15) is 51.9 Å². The lowest BCUT2D eigenvalue weighted by Crippen LogP contribution is -2.48. The molecular formula is C21H28O. The van der Waals surface area contributed by atoms with E-state index in [0.29, 0.717) is 17.3 Å². The van der Waals surface area contributed by atoms with E-state index in [0.717, 1.165) is 36.2 Å². The largest absolute Gasteiger partial charge is 0.290 e. The molecule has 3 saturated carbocycles. The van der Waals surface area contributed by atoms with Crippen LogP contribution in [-0.2, 0) is 4.79 Å². The van der Waals surface area contributed by atoms with Crippen molar-refractivity contribution in [3.8, 4) is 0 Å². The third kappa shape index (κ3) is 1.94. The lowest BCUT2D eigenvalue weighted by atomic mass is 9.49. The Morgan fingerprint density at radius 2 is 2.09 bits per heavy atom. The van der Waals surface area contributed by atoms with Gasteiger partial charge in [-0.2, -0.15) is 0 Å². The minimum atomic E-state index is 0.175. The standard InChI is InChI=1S/C21H28O/c1-4-14-11-15-12-19(22)13(2)10-17(15)16-7-9-21(3)8-5-6-18(21)20(14)16/h4,12,14,16-18,20H,1-2,5-11H2,3H3/t14-,16+,17-,18-,20+,21-/m0/s1. The second kappa shape index (κ2) is 4.94. The second-order valence-electron chi connectivity index (χ2n) is 8.53. The summed E-state index contributed by atoms with van der Waals surface area (Å²) in [4.78, 5) is 12.0. The number of allylic oxidation sites excluding steroid dienone is 3. The van der Waals surface area contributed by atoms with Crippen molar-refractivity contribution >= 4 is 5.78 Å². The first kappa shape index (κ1) is 14.5. The number of fused-ring (bicyclic) bond motifs is 5. The number of ketones is 1. The molecule has 22 heavy (non-hydrogen) atoms. The summed E-state index contributed by atoms with van der Waals surface area (Å²) in [6.07, 6.45) is 13.1. The Balaban J connectivity index is 1.73. The molecule has 4 aliphatic rings. The molecule has 0 bridgehead atoms. The van der Waals surface area contributed by atoms with Gasteiger partial charge in [0.05, 0.1) is 0 Å². The lowest BCUT2D eigenvalue weighted by Gasteiger charge is -2.55. The molecule has 1 heteroatoms. The van der Waals surface area contributed by atoms with Gasteiger partial charge in [-0.05, 0) is 85.2 Å². The first-order valence-electron chi connectivity index (χ1n) is 9.08. The maximum Gasteiger partial charge on any atom is 0.181 e. The monoisotopic (exact) mass is 296 g/mol. The van der Waals surface area contributed by atoms with E-state index in [1.54, 1.807) is 0 Å². The van der Waals surface area contributed by atoms with Crippen LogP contribution < -0.4 is 0 Å². The first-order valence-corrected chi connectivity index (χ1v) is 9.08. The summed E-state index contributed by atoms with van der Waals surface area (Å²) in [5, 5.41) is 0. The number of rotatable bonds is 1. The van der Waals surface area contributed by atoms with Gasteiger partial charge in [-0.3, -0.25) is 4.79 Å². The molecule has 0 heterocycles. The Morgan fingerprint density at radius 1 is 1.27 bits per heavy atom. The smallest absolute Gasteiger partial charge is 0.181 e. The van der Waals surface area contributed by atoms with Crippen molar-refractivity contribution in [3.05, 3.63) is 36.5 Å². The van der Waals surface area contributed by atoms with Gasteiger partial charge in [-0.25, -0.2) is 0 Å². The predicted octanol–water partition coefficient (Wildman–Crippen LogP) is 5.10. The van der Waals surface area contributed by atoms with E-state index in [1.165, 1.54) is 37.7 Å². The van der Waals surface area contributed by atoms with Crippen LogP contribution in [0.2, 0.25) is 0 Å². The zero-order chi connectivity index (χ0) is 15.5. The van der Waals surface area contributed by atoms with Crippen molar-refractivity contribution in [2.45, 2.75) is 51.9 Å². The topological polar surface area (TPSA) is 17.1 Å². The Kier molecular flexibility index (Phi) is 3.25. The lowest BCUT2D eigenvalue weighted by molar-refractivity contribution is -0.112.